The van der Waals surface area contributed by atoms with Gasteiger partial charge in [0.25, 0.3) is 0 Å². The van der Waals surface area contributed by atoms with Crippen LogP contribution in [0.15, 0.2) is 30.3 Å². The van der Waals surface area contributed by atoms with E-state index in [1.54, 1.807) is 0 Å². The molecule has 0 bridgehead atoms. The zero-order valence-electron chi connectivity index (χ0n) is 15.4. The van der Waals surface area contributed by atoms with Crippen LogP contribution >= 0.6 is 0 Å². The molecule has 1 aliphatic heterocycles. The summed E-state index contributed by atoms with van der Waals surface area (Å²) >= 11 is 0. The summed E-state index contributed by atoms with van der Waals surface area (Å²) in [7, 11) is 3.32. The van der Waals surface area contributed by atoms with E-state index < -0.39 is 0 Å². The molecule has 1 aromatic carbocycles. The average Bonchev–Trinajstić information content (AvgIpc) is 3.41. The number of ether oxygens (including phenoxy) is 2. The largest absolute Gasteiger partial charge is 0.494 e. The molecule has 4 nitrogen and oxygen atoms in total. The third-order valence-electron chi connectivity index (χ3n) is 6.64. The van der Waals surface area contributed by atoms with Crippen molar-refractivity contribution in [1.29, 1.82) is 0 Å². The van der Waals surface area contributed by atoms with E-state index in [0.717, 1.165) is 31.1 Å². The normalized spacial score (nSPS) is 30.9. The fraction of sp³-hybridized carbons (Fsp3) is 0.700. The van der Waals surface area contributed by atoms with Gasteiger partial charge in [-0.3, -0.25) is 0 Å². The van der Waals surface area contributed by atoms with Gasteiger partial charge in [-0.2, -0.15) is 0 Å². The summed E-state index contributed by atoms with van der Waals surface area (Å²) in [6, 6.07) is 10.2. The zero-order chi connectivity index (χ0) is 17.3. The van der Waals surface area contributed by atoms with Crippen molar-refractivity contribution in [2.45, 2.75) is 74.8 Å². The Morgan fingerprint density at radius 2 is 1.24 bits per heavy atom. The van der Waals surface area contributed by atoms with Crippen molar-refractivity contribution in [1.82, 2.24) is 0 Å². The third kappa shape index (κ3) is 2.95. The van der Waals surface area contributed by atoms with Crippen LogP contribution in [0.2, 0.25) is 0 Å². The Morgan fingerprint density at radius 3 is 1.64 bits per heavy atom. The smallest absolute Gasteiger partial charge is 0.399 e. The molecule has 1 heterocycles. The number of hydrogen-bond acceptors (Lipinski definition) is 4. The molecule has 3 fully saturated rings. The van der Waals surface area contributed by atoms with Crippen LogP contribution in [0, 0.1) is 0 Å². The van der Waals surface area contributed by atoms with Crippen LogP contribution < -0.4 is 5.46 Å². The lowest BCUT2D eigenvalue weighted by atomic mass is 9.79. The maximum absolute atomic E-state index is 6.55. The molecule has 0 amide bonds. The first-order chi connectivity index (χ1) is 12.2. The number of rotatable bonds is 5. The summed E-state index contributed by atoms with van der Waals surface area (Å²) < 4.78 is 25.3. The number of benzene rings is 1. The summed E-state index contributed by atoms with van der Waals surface area (Å²) in [6.45, 7) is 0. The van der Waals surface area contributed by atoms with Gasteiger partial charge in [-0.15, -0.1) is 0 Å². The standard InChI is InChI=1S/C20H29BO4/c1-22-19(12-6-7-13-19)17-18(20(23-2)14-8-9-15-20)25-21(24-17)16-10-4-3-5-11-16/h3-5,10-11,17-18H,6-9,12-15H2,1-2H3/t17-,18-/m0/s1. The van der Waals surface area contributed by atoms with Crippen LogP contribution in [-0.2, 0) is 18.8 Å². The minimum Gasteiger partial charge on any atom is -0.399 e. The second kappa shape index (κ2) is 7.03. The van der Waals surface area contributed by atoms with Gasteiger partial charge in [-0.05, 0) is 31.1 Å². The molecule has 1 aromatic rings. The van der Waals surface area contributed by atoms with Crippen molar-refractivity contribution in [2.24, 2.45) is 0 Å². The van der Waals surface area contributed by atoms with E-state index in [9.17, 15) is 0 Å². The second-order valence-electron chi connectivity index (χ2n) is 7.81. The minimum absolute atomic E-state index is 0.0803. The summed E-state index contributed by atoms with van der Waals surface area (Å²) in [5.41, 5.74) is 0.577. The SMILES string of the molecule is COC1([C@H]2OB(c3ccccc3)O[C@@H]2C2(OC)CCCC2)CCCC1. The van der Waals surface area contributed by atoms with Crippen molar-refractivity contribution >= 4 is 12.6 Å². The predicted octanol–water partition coefficient (Wildman–Crippen LogP) is 3.08. The highest BCUT2D eigenvalue weighted by Gasteiger charge is 2.60. The fourth-order valence-electron chi connectivity index (χ4n) is 5.16. The molecule has 2 aliphatic carbocycles. The van der Waals surface area contributed by atoms with Crippen molar-refractivity contribution in [2.75, 3.05) is 14.2 Å². The van der Waals surface area contributed by atoms with E-state index in [0.29, 0.717) is 0 Å². The molecule has 1 saturated heterocycles. The lowest BCUT2D eigenvalue weighted by Crippen LogP contribution is -2.56. The molecule has 0 aromatic heterocycles. The van der Waals surface area contributed by atoms with Gasteiger partial charge >= 0.3 is 7.12 Å². The molecule has 2 saturated carbocycles. The molecule has 0 spiro atoms. The highest BCUT2D eigenvalue weighted by Crippen LogP contribution is 2.48. The number of hydrogen-bond donors (Lipinski definition) is 0. The summed E-state index contributed by atoms with van der Waals surface area (Å²) in [5.74, 6) is 0. The van der Waals surface area contributed by atoms with Crippen molar-refractivity contribution < 1.29 is 18.8 Å². The Hall–Kier alpha value is -0.875. The van der Waals surface area contributed by atoms with Gasteiger partial charge in [0.15, 0.2) is 0 Å². The Balaban J connectivity index is 1.68. The molecular weight excluding hydrogens is 315 g/mol. The lowest BCUT2D eigenvalue weighted by Gasteiger charge is -2.43. The molecule has 4 rings (SSSR count). The van der Waals surface area contributed by atoms with Crippen LogP contribution in [0.25, 0.3) is 0 Å². The molecule has 0 N–H and O–H groups in total. The van der Waals surface area contributed by atoms with E-state index in [1.165, 1.54) is 25.7 Å². The van der Waals surface area contributed by atoms with E-state index in [4.69, 9.17) is 18.8 Å². The van der Waals surface area contributed by atoms with E-state index in [-0.39, 0.29) is 30.5 Å². The first-order valence-corrected chi connectivity index (χ1v) is 9.69. The van der Waals surface area contributed by atoms with Crippen molar-refractivity contribution in [3.05, 3.63) is 30.3 Å². The fourth-order valence-corrected chi connectivity index (χ4v) is 5.16. The zero-order valence-corrected chi connectivity index (χ0v) is 15.4. The highest BCUT2D eigenvalue weighted by atomic mass is 16.7. The van der Waals surface area contributed by atoms with Gasteiger partial charge in [0.1, 0.15) is 0 Å². The van der Waals surface area contributed by atoms with Gasteiger partial charge in [-0.25, -0.2) is 0 Å². The molecular formula is C20H29BO4. The Labute approximate surface area is 151 Å². The van der Waals surface area contributed by atoms with Crippen LogP contribution in [0.3, 0.4) is 0 Å². The maximum Gasteiger partial charge on any atom is 0.494 e. The average molecular weight is 344 g/mol. The van der Waals surface area contributed by atoms with Crippen LogP contribution in [0.5, 0.6) is 0 Å². The van der Waals surface area contributed by atoms with Crippen molar-refractivity contribution in [3.63, 3.8) is 0 Å². The highest BCUT2D eigenvalue weighted by molar-refractivity contribution is 6.61. The second-order valence-corrected chi connectivity index (χ2v) is 7.81. The minimum atomic E-state index is -0.337. The third-order valence-corrected chi connectivity index (χ3v) is 6.64. The number of methoxy groups -OCH3 is 2. The Kier molecular flexibility index (Phi) is 4.93. The first kappa shape index (κ1) is 17.5. The monoisotopic (exact) mass is 344 g/mol. The van der Waals surface area contributed by atoms with Gasteiger partial charge < -0.3 is 18.8 Å². The van der Waals surface area contributed by atoms with Gasteiger partial charge in [-0.1, -0.05) is 56.0 Å². The van der Waals surface area contributed by atoms with Crippen LogP contribution in [0.1, 0.15) is 51.4 Å². The van der Waals surface area contributed by atoms with E-state index >= 15 is 0 Å². The van der Waals surface area contributed by atoms with Crippen molar-refractivity contribution in [3.8, 4) is 0 Å². The molecule has 0 radical (unpaired) electrons. The molecule has 25 heavy (non-hydrogen) atoms. The van der Waals surface area contributed by atoms with Gasteiger partial charge in [0.2, 0.25) is 0 Å². The molecule has 5 heteroatoms. The predicted molar refractivity (Wildman–Crippen MR) is 98.0 cm³/mol. The molecule has 0 unspecified atom stereocenters. The van der Waals surface area contributed by atoms with Gasteiger partial charge in [0.05, 0.1) is 23.4 Å². The van der Waals surface area contributed by atoms with Gasteiger partial charge in [0, 0.05) is 14.2 Å². The van der Waals surface area contributed by atoms with Crippen LogP contribution in [-0.4, -0.2) is 44.7 Å². The quantitative estimate of drug-likeness (QED) is 0.770. The van der Waals surface area contributed by atoms with Crippen LogP contribution in [0.4, 0.5) is 0 Å². The topological polar surface area (TPSA) is 36.9 Å². The Morgan fingerprint density at radius 1 is 0.800 bits per heavy atom. The maximum atomic E-state index is 6.55. The molecule has 136 valence electrons. The summed E-state index contributed by atoms with van der Waals surface area (Å²) in [4.78, 5) is 0. The van der Waals surface area contributed by atoms with E-state index in [1.807, 2.05) is 32.4 Å². The molecule has 3 aliphatic rings. The van der Waals surface area contributed by atoms with E-state index in [2.05, 4.69) is 12.1 Å². The Bertz CT molecular complexity index is 534. The summed E-state index contributed by atoms with van der Waals surface area (Å²) in [6.07, 6.45) is 8.75. The lowest BCUT2D eigenvalue weighted by molar-refractivity contribution is -0.153. The molecule has 2 atom stereocenters. The first-order valence-electron chi connectivity index (χ1n) is 9.69. The summed E-state index contributed by atoms with van der Waals surface area (Å²) in [5, 5.41) is 0.